The minimum atomic E-state index is -0.275. The lowest BCUT2D eigenvalue weighted by Crippen LogP contribution is -2.53. The molecular formula is C29H31N7O. The predicted octanol–water partition coefficient (Wildman–Crippen LogP) is 4.44. The summed E-state index contributed by atoms with van der Waals surface area (Å²) >= 11 is 0. The van der Waals surface area contributed by atoms with Crippen LogP contribution in [0.3, 0.4) is 0 Å². The first-order valence-corrected chi connectivity index (χ1v) is 12.6. The molecule has 5 rings (SSSR count). The molecule has 2 aromatic heterocycles. The zero-order valence-corrected chi connectivity index (χ0v) is 21.4. The molecule has 1 saturated heterocycles. The van der Waals surface area contributed by atoms with Crippen LogP contribution >= 0.6 is 0 Å². The Balaban J connectivity index is 1.24. The van der Waals surface area contributed by atoms with Gasteiger partial charge in [-0.15, -0.1) is 5.10 Å². The Labute approximate surface area is 217 Å². The first-order valence-electron chi connectivity index (χ1n) is 12.6. The van der Waals surface area contributed by atoms with Gasteiger partial charge in [0.05, 0.1) is 18.1 Å². The van der Waals surface area contributed by atoms with Gasteiger partial charge in [0, 0.05) is 37.8 Å². The van der Waals surface area contributed by atoms with E-state index >= 15 is 0 Å². The van der Waals surface area contributed by atoms with Gasteiger partial charge in [-0.05, 0) is 49.6 Å². The molecule has 0 unspecified atom stereocenters. The number of nitrogens with zero attached hydrogens (tertiary/aromatic N) is 6. The summed E-state index contributed by atoms with van der Waals surface area (Å²) in [6.07, 6.45) is 4.00. The zero-order valence-electron chi connectivity index (χ0n) is 21.4. The predicted molar refractivity (Wildman–Crippen MR) is 146 cm³/mol. The van der Waals surface area contributed by atoms with Gasteiger partial charge in [-0.3, -0.25) is 4.79 Å². The lowest BCUT2D eigenvalue weighted by atomic mass is 10.0. The van der Waals surface area contributed by atoms with Crippen LogP contribution in [0, 0.1) is 13.8 Å². The molecular weight excluding hydrogens is 462 g/mol. The third-order valence-corrected chi connectivity index (χ3v) is 6.93. The Kier molecular flexibility index (Phi) is 7.07. The highest BCUT2D eigenvalue weighted by molar-refractivity contribution is 6.02. The molecule has 1 fully saturated rings. The highest BCUT2D eigenvalue weighted by Gasteiger charge is 2.27. The number of carbonyl (C=O) groups excluding carboxylic acids is 1. The van der Waals surface area contributed by atoms with Gasteiger partial charge < -0.3 is 15.1 Å². The van der Waals surface area contributed by atoms with Crippen molar-refractivity contribution in [2.24, 2.45) is 0 Å². The number of benzene rings is 2. The van der Waals surface area contributed by atoms with Gasteiger partial charge >= 0.3 is 0 Å². The van der Waals surface area contributed by atoms with Crippen molar-refractivity contribution in [1.82, 2.24) is 20.2 Å². The second-order valence-corrected chi connectivity index (χ2v) is 9.45. The van der Waals surface area contributed by atoms with Gasteiger partial charge in [-0.25, -0.2) is 9.97 Å². The van der Waals surface area contributed by atoms with Gasteiger partial charge in [-0.1, -0.05) is 48.5 Å². The molecule has 1 amide bonds. The number of carbonyl (C=O) groups is 1. The summed E-state index contributed by atoms with van der Waals surface area (Å²) in [7, 11) is 0. The topological polar surface area (TPSA) is 87.1 Å². The minimum Gasteiger partial charge on any atom is -0.351 e. The number of amides is 1. The standard InChI is InChI=1S/C29H31N7O/c1-20-19-35(28-22(3)21(2)25(33-34-28)16-23-10-6-4-7-11-23)14-15-36(20)27-18-30-26(17-31-27)29(37)32-24-12-8-5-9-13-24/h4-13,17-18,20H,14-16,19H2,1-3H3,(H,32,37)/t20-/m1/s1. The highest BCUT2D eigenvalue weighted by Crippen LogP contribution is 2.26. The summed E-state index contributed by atoms with van der Waals surface area (Å²) < 4.78 is 0. The monoisotopic (exact) mass is 493 g/mol. The molecule has 0 aliphatic carbocycles. The number of anilines is 3. The normalized spacial score (nSPS) is 15.5. The number of para-hydroxylation sites is 1. The SMILES string of the molecule is Cc1c(Cc2ccccc2)nnc(N2CCN(c3cnc(C(=O)Nc4ccccc4)cn3)[C@H](C)C2)c1C. The molecule has 1 atom stereocenters. The van der Waals surface area contributed by atoms with Crippen molar-refractivity contribution < 1.29 is 4.79 Å². The molecule has 1 aliphatic rings. The van der Waals surface area contributed by atoms with Gasteiger partial charge in [0.1, 0.15) is 11.5 Å². The molecule has 8 heteroatoms. The van der Waals surface area contributed by atoms with Crippen molar-refractivity contribution in [2.45, 2.75) is 33.2 Å². The third kappa shape index (κ3) is 5.43. The number of nitrogens with one attached hydrogen (secondary N) is 1. The fourth-order valence-corrected chi connectivity index (χ4v) is 4.69. The fourth-order valence-electron chi connectivity index (χ4n) is 4.69. The van der Waals surface area contributed by atoms with Crippen LogP contribution in [0.25, 0.3) is 0 Å². The van der Waals surface area contributed by atoms with E-state index in [-0.39, 0.29) is 17.6 Å². The molecule has 4 aromatic rings. The second kappa shape index (κ2) is 10.7. The van der Waals surface area contributed by atoms with Crippen molar-refractivity contribution in [2.75, 3.05) is 34.8 Å². The number of aromatic nitrogens is 4. The molecule has 1 aliphatic heterocycles. The maximum atomic E-state index is 12.5. The Hall–Kier alpha value is -4.33. The van der Waals surface area contributed by atoms with Crippen LogP contribution < -0.4 is 15.1 Å². The third-order valence-electron chi connectivity index (χ3n) is 6.93. The summed E-state index contributed by atoms with van der Waals surface area (Å²) in [5.74, 6) is 1.43. The summed E-state index contributed by atoms with van der Waals surface area (Å²) in [6, 6.07) is 19.9. The average molecular weight is 494 g/mol. The molecule has 0 spiro atoms. The van der Waals surface area contributed by atoms with Crippen LogP contribution in [-0.2, 0) is 6.42 Å². The summed E-state index contributed by atoms with van der Waals surface area (Å²) in [5, 5.41) is 12.1. The quantitative estimate of drug-likeness (QED) is 0.425. The van der Waals surface area contributed by atoms with Crippen molar-refractivity contribution >= 4 is 23.2 Å². The zero-order chi connectivity index (χ0) is 25.8. The maximum Gasteiger partial charge on any atom is 0.275 e. The van der Waals surface area contributed by atoms with E-state index < -0.39 is 0 Å². The van der Waals surface area contributed by atoms with Crippen molar-refractivity contribution in [3.05, 3.63) is 101 Å². The van der Waals surface area contributed by atoms with Crippen LogP contribution in [0.15, 0.2) is 73.1 Å². The van der Waals surface area contributed by atoms with Gasteiger partial charge in [0.25, 0.3) is 5.91 Å². The molecule has 0 saturated carbocycles. The summed E-state index contributed by atoms with van der Waals surface area (Å²) in [6.45, 7) is 8.81. The van der Waals surface area contributed by atoms with Gasteiger partial charge in [-0.2, -0.15) is 5.10 Å². The summed E-state index contributed by atoms with van der Waals surface area (Å²) in [5.41, 5.74) is 5.64. The largest absolute Gasteiger partial charge is 0.351 e. The van der Waals surface area contributed by atoms with Crippen molar-refractivity contribution in [3.63, 3.8) is 0 Å². The van der Waals surface area contributed by atoms with E-state index in [1.165, 1.54) is 22.9 Å². The Morgan fingerprint density at radius 2 is 1.65 bits per heavy atom. The lowest BCUT2D eigenvalue weighted by molar-refractivity contribution is 0.102. The second-order valence-electron chi connectivity index (χ2n) is 9.45. The maximum absolute atomic E-state index is 12.5. The minimum absolute atomic E-state index is 0.192. The Bertz CT molecular complexity index is 1360. The van der Waals surface area contributed by atoms with E-state index in [0.29, 0.717) is 0 Å². The van der Waals surface area contributed by atoms with Crippen molar-refractivity contribution in [1.29, 1.82) is 0 Å². The van der Waals surface area contributed by atoms with E-state index in [0.717, 1.165) is 49.1 Å². The van der Waals surface area contributed by atoms with Crippen molar-refractivity contribution in [3.8, 4) is 0 Å². The number of rotatable bonds is 6. The number of hydrogen-bond donors (Lipinski definition) is 1. The van der Waals surface area contributed by atoms with E-state index in [1.54, 1.807) is 6.20 Å². The first-order chi connectivity index (χ1) is 18.0. The molecule has 37 heavy (non-hydrogen) atoms. The Morgan fingerprint density at radius 1 is 0.919 bits per heavy atom. The average Bonchev–Trinajstić information content (AvgIpc) is 2.93. The van der Waals surface area contributed by atoms with Crippen LogP contribution in [0.4, 0.5) is 17.3 Å². The molecule has 1 N–H and O–H groups in total. The fraction of sp³-hybridized carbons (Fsp3) is 0.276. The molecule has 0 bridgehead atoms. The van der Waals surface area contributed by atoms with E-state index in [4.69, 9.17) is 0 Å². The molecule has 188 valence electrons. The molecule has 8 nitrogen and oxygen atoms in total. The molecule has 0 radical (unpaired) electrons. The lowest BCUT2D eigenvalue weighted by Gasteiger charge is -2.41. The van der Waals surface area contributed by atoms with Gasteiger partial charge in [0.15, 0.2) is 5.82 Å². The molecule has 3 heterocycles. The van der Waals surface area contributed by atoms with Crippen LogP contribution in [0.5, 0.6) is 0 Å². The van der Waals surface area contributed by atoms with Crippen LogP contribution in [0.1, 0.15) is 39.8 Å². The Morgan fingerprint density at radius 3 is 2.32 bits per heavy atom. The number of hydrogen-bond acceptors (Lipinski definition) is 7. The first kappa shape index (κ1) is 24.4. The molecule has 2 aromatic carbocycles. The number of piperazine rings is 1. The van der Waals surface area contributed by atoms with Crippen LogP contribution in [-0.4, -0.2) is 51.7 Å². The highest BCUT2D eigenvalue weighted by atomic mass is 16.1. The smallest absolute Gasteiger partial charge is 0.275 e. The van der Waals surface area contributed by atoms with E-state index in [2.05, 4.69) is 80.3 Å². The van der Waals surface area contributed by atoms with E-state index in [9.17, 15) is 4.79 Å². The van der Waals surface area contributed by atoms with E-state index in [1.807, 2.05) is 36.4 Å². The summed E-state index contributed by atoms with van der Waals surface area (Å²) in [4.78, 5) is 26.0. The van der Waals surface area contributed by atoms with Gasteiger partial charge in [0.2, 0.25) is 0 Å². The van der Waals surface area contributed by atoms with Crippen LogP contribution in [0.2, 0.25) is 0 Å².